The molecule has 1 aromatic heterocycles. The second-order valence-corrected chi connectivity index (χ2v) is 7.21. The van der Waals surface area contributed by atoms with Crippen LogP contribution in [0, 0.1) is 13.8 Å². The molecule has 0 aliphatic heterocycles. The second kappa shape index (κ2) is 6.26. The average molecular weight is 304 g/mol. The Hall–Kier alpha value is -1.88. The number of aromatic nitrogens is 1. The lowest BCUT2D eigenvalue weighted by Crippen LogP contribution is -2.11. The van der Waals surface area contributed by atoms with Crippen LogP contribution in [0.25, 0.3) is 0 Å². The number of anilines is 1. The van der Waals surface area contributed by atoms with E-state index in [1.54, 1.807) is 18.3 Å². The number of pyridine rings is 1. The first kappa shape index (κ1) is 15.5. The van der Waals surface area contributed by atoms with Gasteiger partial charge in [-0.15, -0.1) is 0 Å². The predicted molar refractivity (Wildman–Crippen MR) is 85.5 cm³/mol. The Morgan fingerprint density at radius 3 is 2.62 bits per heavy atom. The predicted octanol–water partition coefficient (Wildman–Crippen LogP) is 2.76. The molecule has 1 aromatic carbocycles. The molecule has 0 saturated carbocycles. The van der Waals surface area contributed by atoms with Crippen molar-refractivity contribution in [1.82, 2.24) is 4.98 Å². The van der Waals surface area contributed by atoms with E-state index in [1.165, 1.54) is 22.9 Å². The lowest BCUT2D eigenvalue weighted by molar-refractivity contribution is 0.602. The van der Waals surface area contributed by atoms with E-state index in [-0.39, 0.29) is 4.90 Å². The fourth-order valence-corrected chi connectivity index (χ4v) is 3.07. The SMILES string of the molecule is Cc1ccc(CCNc2ncccc2S(C)(=O)=O)c(C)c1. The molecule has 0 saturated heterocycles. The van der Waals surface area contributed by atoms with Gasteiger partial charge in [0.2, 0.25) is 0 Å². The van der Waals surface area contributed by atoms with Gasteiger partial charge in [-0.2, -0.15) is 0 Å². The van der Waals surface area contributed by atoms with Gasteiger partial charge in [-0.05, 0) is 43.5 Å². The molecular formula is C16H20N2O2S. The summed E-state index contributed by atoms with van der Waals surface area (Å²) in [4.78, 5) is 4.36. The largest absolute Gasteiger partial charge is 0.369 e. The molecule has 1 N–H and O–H groups in total. The normalized spacial score (nSPS) is 11.4. The van der Waals surface area contributed by atoms with E-state index >= 15 is 0 Å². The van der Waals surface area contributed by atoms with Gasteiger partial charge in [-0.3, -0.25) is 0 Å². The van der Waals surface area contributed by atoms with Gasteiger partial charge in [0.05, 0.1) is 0 Å². The summed E-state index contributed by atoms with van der Waals surface area (Å²) in [5, 5.41) is 3.12. The van der Waals surface area contributed by atoms with Crippen LogP contribution in [0.5, 0.6) is 0 Å². The van der Waals surface area contributed by atoms with Gasteiger partial charge in [0, 0.05) is 19.0 Å². The summed E-state index contributed by atoms with van der Waals surface area (Å²) >= 11 is 0. The minimum Gasteiger partial charge on any atom is -0.369 e. The Labute approximate surface area is 126 Å². The van der Waals surface area contributed by atoms with Gasteiger partial charge < -0.3 is 5.32 Å². The highest BCUT2D eigenvalue weighted by Crippen LogP contribution is 2.18. The molecule has 4 nitrogen and oxygen atoms in total. The zero-order chi connectivity index (χ0) is 15.5. The van der Waals surface area contributed by atoms with E-state index in [4.69, 9.17) is 0 Å². The van der Waals surface area contributed by atoms with Crippen LogP contribution in [0.4, 0.5) is 5.82 Å². The van der Waals surface area contributed by atoms with E-state index in [1.807, 2.05) is 0 Å². The van der Waals surface area contributed by atoms with Gasteiger partial charge in [-0.25, -0.2) is 13.4 Å². The van der Waals surface area contributed by atoms with Crippen molar-refractivity contribution in [3.63, 3.8) is 0 Å². The maximum Gasteiger partial charge on any atom is 0.179 e. The summed E-state index contributed by atoms with van der Waals surface area (Å²) in [5.74, 6) is 0.421. The number of hydrogen-bond acceptors (Lipinski definition) is 4. The highest BCUT2D eigenvalue weighted by molar-refractivity contribution is 7.90. The molecule has 0 aliphatic rings. The number of hydrogen-bond donors (Lipinski definition) is 1. The molecule has 0 amide bonds. The van der Waals surface area contributed by atoms with Crippen molar-refractivity contribution in [2.45, 2.75) is 25.2 Å². The Morgan fingerprint density at radius 2 is 1.95 bits per heavy atom. The topological polar surface area (TPSA) is 59.1 Å². The lowest BCUT2D eigenvalue weighted by Gasteiger charge is -2.11. The molecule has 1 heterocycles. The van der Waals surface area contributed by atoms with E-state index in [0.29, 0.717) is 12.4 Å². The molecule has 0 radical (unpaired) electrons. The zero-order valence-electron chi connectivity index (χ0n) is 12.6. The number of nitrogens with one attached hydrogen (secondary N) is 1. The molecule has 0 spiro atoms. The first-order valence-corrected chi connectivity index (χ1v) is 8.72. The van der Waals surface area contributed by atoms with Crippen molar-refractivity contribution in [3.8, 4) is 0 Å². The average Bonchev–Trinajstić information content (AvgIpc) is 2.41. The molecule has 0 aliphatic carbocycles. The molecule has 0 fully saturated rings. The monoisotopic (exact) mass is 304 g/mol. The number of aryl methyl sites for hydroxylation is 2. The van der Waals surface area contributed by atoms with Crippen LogP contribution in [0.1, 0.15) is 16.7 Å². The first-order chi connectivity index (χ1) is 9.88. The van der Waals surface area contributed by atoms with E-state index in [0.717, 1.165) is 6.42 Å². The van der Waals surface area contributed by atoms with Crippen molar-refractivity contribution in [2.75, 3.05) is 18.1 Å². The van der Waals surface area contributed by atoms with Gasteiger partial charge in [-0.1, -0.05) is 23.8 Å². The van der Waals surface area contributed by atoms with Gasteiger partial charge >= 0.3 is 0 Å². The molecular weight excluding hydrogens is 284 g/mol. The summed E-state index contributed by atoms with van der Waals surface area (Å²) in [6.07, 6.45) is 3.61. The van der Waals surface area contributed by atoms with Gasteiger partial charge in [0.15, 0.2) is 9.84 Å². The summed E-state index contributed by atoms with van der Waals surface area (Å²) in [7, 11) is -3.27. The highest BCUT2D eigenvalue weighted by Gasteiger charge is 2.13. The first-order valence-electron chi connectivity index (χ1n) is 6.83. The Balaban J connectivity index is 2.08. The fraction of sp³-hybridized carbons (Fsp3) is 0.312. The molecule has 21 heavy (non-hydrogen) atoms. The molecule has 0 bridgehead atoms. The number of rotatable bonds is 5. The van der Waals surface area contributed by atoms with E-state index in [2.05, 4.69) is 42.3 Å². The maximum atomic E-state index is 11.7. The quantitative estimate of drug-likeness (QED) is 0.923. The van der Waals surface area contributed by atoms with Crippen molar-refractivity contribution in [2.24, 2.45) is 0 Å². The number of benzene rings is 1. The second-order valence-electron chi connectivity index (χ2n) is 5.23. The number of nitrogens with zero attached hydrogens (tertiary/aromatic N) is 1. The standard InChI is InChI=1S/C16H20N2O2S/c1-12-6-7-14(13(2)11-12)8-10-18-16-15(21(3,19)20)5-4-9-17-16/h4-7,9,11H,8,10H2,1-3H3,(H,17,18). The Morgan fingerprint density at radius 1 is 1.19 bits per heavy atom. The van der Waals surface area contributed by atoms with Crippen molar-refractivity contribution in [1.29, 1.82) is 0 Å². The van der Waals surface area contributed by atoms with E-state index in [9.17, 15) is 8.42 Å². The van der Waals surface area contributed by atoms with Crippen LogP contribution in [-0.2, 0) is 16.3 Å². The zero-order valence-corrected chi connectivity index (χ0v) is 13.4. The van der Waals surface area contributed by atoms with Gasteiger partial charge in [0.25, 0.3) is 0 Å². The van der Waals surface area contributed by atoms with Crippen molar-refractivity contribution in [3.05, 3.63) is 53.2 Å². The summed E-state index contributed by atoms with van der Waals surface area (Å²) in [6, 6.07) is 9.55. The summed E-state index contributed by atoms with van der Waals surface area (Å²) in [5.41, 5.74) is 3.75. The molecule has 112 valence electrons. The van der Waals surface area contributed by atoms with Crippen LogP contribution in [0.3, 0.4) is 0 Å². The van der Waals surface area contributed by atoms with Crippen molar-refractivity contribution >= 4 is 15.7 Å². The highest BCUT2D eigenvalue weighted by atomic mass is 32.2. The Bertz CT molecular complexity index is 740. The minimum atomic E-state index is -3.27. The lowest BCUT2D eigenvalue weighted by atomic mass is 10.0. The van der Waals surface area contributed by atoms with Crippen LogP contribution in [0.2, 0.25) is 0 Å². The van der Waals surface area contributed by atoms with Crippen LogP contribution in [-0.4, -0.2) is 26.2 Å². The van der Waals surface area contributed by atoms with E-state index < -0.39 is 9.84 Å². The minimum absolute atomic E-state index is 0.241. The third-order valence-electron chi connectivity index (χ3n) is 3.36. The number of sulfone groups is 1. The third-order valence-corrected chi connectivity index (χ3v) is 4.48. The molecule has 5 heteroatoms. The fourth-order valence-electron chi connectivity index (χ4n) is 2.26. The van der Waals surface area contributed by atoms with Crippen LogP contribution in [0.15, 0.2) is 41.4 Å². The smallest absolute Gasteiger partial charge is 0.179 e. The van der Waals surface area contributed by atoms with Gasteiger partial charge in [0.1, 0.15) is 10.7 Å². The summed E-state index contributed by atoms with van der Waals surface area (Å²) < 4.78 is 23.4. The maximum absolute atomic E-state index is 11.7. The Kier molecular flexibility index (Phi) is 4.63. The molecule has 0 atom stereocenters. The van der Waals surface area contributed by atoms with Crippen LogP contribution < -0.4 is 5.32 Å². The molecule has 0 unspecified atom stereocenters. The van der Waals surface area contributed by atoms with Crippen LogP contribution >= 0.6 is 0 Å². The molecule has 2 aromatic rings. The third kappa shape index (κ3) is 4.04. The molecule has 2 rings (SSSR count). The van der Waals surface area contributed by atoms with Crippen molar-refractivity contribution < 1.29 is 8.42 Å². The summed E-state index contributed by atoms with van der Waals surface area (Å²) in [6.45, 7) is 4.80.